The lowest BCUT2D eigenvalue weighted by atomic mass is 10.4. The normalized spacial score (nSPS) is 9.67. The van der Waals surface area contributed by atoms with E-state index in [-0.39, 0.29) is 0 Å². The fourth-order valence-corrected chi connectivity index (χ4v) is 1.00. The highest BCUT2D eigenvalue weighted by Gasteiger charge is 2.04. The number of aromatic nitrogens is 2. The Hall–Kier alpha value is -1.25. The zero-order valence-corrected chi connectivity index (χ0v) is 7.96. The number of nitrogens with zero attached hydrogens (tertiary/aromatic N) is 2. The van der Waals surface area contributed by atoms with Gasteiger partial charge in [0.25, 0.3) is 0 Å². The van der Waals surface area contributed by atoms with Gasteiger partial charge >= 0.3 is 5.84 Å². The van der Waals surface area contributed by atoms with Gasteiger partial charge in [-0.2, -0.15) is 0 Å². The van der Waals surface area contributed by atoms with Crippen LogP contribution >= 0.6 is 0 Å². The standard InChI is InChI=1S/C7H8N2O.C2H6/c1-5-6(2)10-7-8-3-4-9(5)7;1-2/h3-4H,1-2H3;1-2H3. The topological polar surface area (TPSA) is 30.4 Å². The van der Waals surface area contributed by atoms with Gasteiger partial charge in [0, 0.05) is 12.4 Å². The molecule has 2 aromatic heterocycles. The SMILES string of the molecule is CC.Cc1oc2nccn2c1C. The summed E-state index contributed by atoms with van der Waals surface area (Å²) in [5.41, 5.74) is 1.12. The maximum Gasteiger partial charge on any atom is 0.306 e. The number of imidazole rings is 1. The lowest BCUT2D eigenvalue weighted by Crippen LogP contribution is -1.80. The Balaban J connectivity index is 0.000000336. The highest BCUT2D eigenvalue weighted by atomic mass is 16.4. The molecule has 2 rings (SSSR count). The predicted molar refractivity (Wildman–Crippen MR) is 48.3 cm³/mol. The van der Waals surface area contributed by atoms with Gasteiger partial charge in [-0.15, -0.1) is 0 Å². The van der Waals surface area contributed by atoms with Crippen molar-refractivity contribution >= 4 is 5.84 Å². The summed E-state index contributed by atoms with van der Waals surface area (Å²) < 4.78 is 7.22. The quantitative estimate of drug-likeness (QED) is 0.602. The number of hydrogen-bond donors (Lipinski definition) is 0. The third kappa shape index (κ3) is 1.22. The first-order valence-corrected chi connectivity index (χ1v) is 4.18. The predicted octanol–water partition coefficient (Wildman–Crippen LogP) is 2.57. The van der Waals surface area contributed by atoms with Crippen molar-refractivity contribution in [1.82, 2.24) is 9.38 Å². The summed E-state index contributed by atoms with van der Waals surface area (Å²) in [7, 11) is 0. The van der Waals surface area contributed by atoms with Crippen molar-refractivity contribution in [2.75, 3.05) is 0 Å². The number of hydrogen-bond acceptors (Lipinski definition) is 2. The third-order valence-electron chi connectivity index (χ3n) is 1.72. The third-order valence-corrected chi connectivity index (χ3v) is 1.72. The molecular formula is C9H14N2O. The van der Waals surface area contributed by atoms with E-state index >= 15 is 0 Å². The molecule has 66 valence electrons. The molecule has 0 aliphatic heterocycles. The van der Waals surface area contributed by atoms with Gasteiger partial charge in [-0.05, 0) is 13.8 Å². The molecule has 0 spiro atoms. The van der Waals surface area contributed by atoms with Crippen LogP contribution < -0.4 is 0 Å². The van der Waals surface area contributed by atoms with Crippen molar-refractivity contribution in [2.45, 2.75) is 27.7 Å². The molecule has 0 N–H and O–H groups in total. The highest BCUT2D eigenvalue weighted by molar-refractivity contribution is 5.29. The van der Waals surface area contributed by atoms with Gasteiger partial charge in [-0.3, -0.25) is 4.40 Å². The van der Waals surface area contributed by atoms with E-state index in [9.17, 15) is 0 Å². The van der Waals surface area contributed by atoms with E-state index in [1.165, 1.54) is 0 Å². The zero-order chi connectivity index (χ0) is 9.14. The largest absolute Gasteiger partial charge is 0.428 e. The second-order valence-electron chi connectivity index (χ2n) is 2.32. The molecule has 0 atom stereocenters. The first kappa shape index (κ1) is 8.84. The van der Waals surface area contributed by atoms with Crippen molar-refractivity contribution in [3.63, 3.8) is 0 Å². The van der Waals surface area contributed by atoms with Gasteiger partial charge in [0.2, 0.25) is 0 Å². The molecule has 0 amide bonds. The van der Waals surface area contributed by atoms with Crippen molar-refractivity contribution < 1.29 is 4.42 Å². The Morgan fingerprint density at radius 1 is 1.33 bits per heavy atom. The average Bonchev–Trinajstić information content (AvgIpc) is 2.62. The van der Waals surface area contributed by atoms with E-state index < -0.39 is 0 Å². The van der Waals surface area contributed by atoms with Crippen LogP contribution in [-0.2, 0) is 0 Å². The van der Waals surface area contributed by atoms with Crippen molar-refractivity contribution in [1.29, 1.82) is 0 Å². The molecule has 3 nitrogen and oxygen atoms in total. The molecule has 0 bridgehead atoms. The second kappa shape index (κ2) is 3.43. The van der Waals surface area contributed by atoms with E-state index in [1.807, 2.05) is 38.3 Å². The van der Waals surface area contributed by atoms with Crippen molar-refractivity contribution in [3.05, 3.63) is 23.8 Å². The van der Waals surface area contributed by atoms with Crippen LogP contribution in [0, 0.1) is 13.8 Å². The van der Waals surface area contributed by atoms with Crippen LogP contribution in [0.25, 0.3) is 5.84 Å². The van der Waals surface area contributed by atoms with E-state index in [0.717, 1.165) is 11.5 Å². The summed E-state index contributed by atoms with van der Waals surface area (Å²) in [6, 6.07) is 0. The minimum Gasteiger partial charge on any atom is -0.428 e. The average molecular weight is 166 g/mol. The van der Waals surface area contributed by atoms with Gasteiger partial charge in [0.15, 0.2) is 0 Å². The fourth-order valence-electron chi connectivity index (χ4n) is 1.00. The van der Waals surface area contributed by atoms with Gasteiger partial charge in [0.05, 0.1) is 5.69 Å². The number of aryl methyl sites for hydroxylation is 2. The Kier molecular flexibility index (Phi) is 2.53. The summed E-state index contributed by atoms with van der Waals surface area (Å²) in [6.45, 7) is 7.94. The summed E-state index contributed by atoms with van der Waals surface area (Å²) >= 11 is 0. The Bertz CT molecular complexity index is 359. The molecule has 2 aromatic rings. The molecule has 0 aliphatic rings. The number of oxazole rings is 1. The van der Waals surface area contributed by atoms with Crippen LogP contribution in [0.1, 0.15) is 25.3 Å². The van der Waals surface area contributed by atoms with E-state index in [4.69, 9.17) is 4.42 Å². The molecule has 12 heavy (non-hydrogen) atoms. The number of fused-ring (bicyclic) bond motifs is 1. The molecule has 2 heterocycles. The zero-order valence-electron chi connectivity index (χ0n) is 7.96. The monoisotopic (exact) mass is 166 g/mol. The van der Waals surface area contributed by atoms with Crippen LogP contribution in [-0.4, -0.2) is 9.38 Å². The fraction of sp³-hybridized carbons (Fsp3) is 0.444. The smallest absolute Gasteiger partial charge is 0.306 e. The summed E-state index contributed by atoms with van der Waals surface area (Å²) in [5.74, 6) is 1.61. The van der Waals surface area contributed by atoms with Crippen LogP contribution in [0.3, 0.4) is 0 Å². The van der Waals surface area contributed by atoms with E-state index in [0.29, 0.717) is 5.84 Å². The lowest BCUT2D eigenvalue weighted by molar-refractivity contribution is 0.560. The molecule has 0 aromatic carbocycles. The molecule has 0 aliphatic carbocycles. The second-order valence-corrected chi connectivity index (χ2v) is 2.32. The Morgan fingerprint density at radius 3 is 2.58 bits per heavy atom. The first-order chi connectivity index (χ1) is 5.79. The lowest BCUT2D eigenvalue weighted by Gasteiger charge is -1.83. The minimum absolute atomic E-state index is 0.676. The maximum atomic E-state index is 5.29. The molecule has 0 fully saturated rings. The molecule has 0 saturated carbocycles. The van der Waals surface area contributed by atoms with E-state index in [1.54, 1.807) is 6.20 Å². The molecule has 0 radical (unpaired) electrons. The molecular weight excluding hydrogens is 152 g/mol. The van der Waals surface area contributed by atoms with Crippen LogP contribution in [0.5, 0.6) is 0 Å². The van der Waals surface area contributed by atoms with E-state index in [2.05, 4.69) is 4.98 Å². The van der Waals surface area contributed by atoms with Crippen LogP contribution in [0.2, 0.25) is 0 Å². The van der Waals surface area contributed by atoms with Gasteiger partial charge in [0.1, 0.15) is 5.76 Å². The summed E-state index contributed by atoms with van der Waals surface area (Å²) in [4.78, 5) is 4.00. The Morgan fingerprint density at radius 2 is 2.00 bits per heavy atom. The van der Waals surface area contributed by atoms with Gasteiger partial charge in [-0.1, -0.05) is 13.8 Å². The van der Waals surface area contributed by atoms with Crippen molar-refractivity contribution in [2.24, 2.45) is 0 Å². The molecule has 0 saturated heterocycles. The Labute approximate surface area is 72.0 Å². The maximum absolute atomic E-state index is 5.29. The molecule has 0 unspecified atom stereocenters. The molecule has 3 heteroatoms. The van der Waals surface area contributed by atoms with Crippen LogP contribution in [0.15, 0.2) is 16.8 Å². The first-order valence-electron chi connectivity index (χ1n) is 4.18. The van der Waals surface area contributed by atoms with Gasteiger partial charge in [-0.25, -0.2) is 4.98 Å². The van der Waals surface area contributed by atoms with Crippen LogP contribution in [0.4, 0.5) is 0 Å². The van der Waals surface area contributed by atoms with Crippen molar-refractivity contribution in [3.8, 4) is 0 Å². The van der Waals surface area contributed by atoms with Gasteiger partial charge < -0.3 is 4.42 Å². The highest BCUT2D eigenvalue weighted by Crippen LogP contribution is 2.12. The summed E-state index contributed by atoms with van der Waals surface area (Å²) in [6.07, 6.45) is 3.62. The number of rotatable bonds is 0. The summed E-state index contributed by atoms with van der Waals surface area (Å²) in [5, 5.41) is 0. The minimum atomic E-state index is 0.676.